The fourth-order valence-electron chi connectivity index (χ4n) is 1.73. The fourth-order valence-corrected chi connectivity index (χ4v) is 1.73. The van der Waals surface area contributed by atoms with Crippen molar-refractivity contribution in [3.63, 3.8) is 0 Å². The molecule has 0 saturated carbocycles. The number of benzene rings is 1. The Morgan fingerprint density at radius 2 is 1.87 bits per heavy atom. The minimum atomic E-state index is -4.76. The Hall–Kier alpha value is -2.77. The number of nitrogens with one attached hydrogen (secondary N) is 1. The van der Waals surface area contributed by atoms with Gasteiger partial charge in [0.25, 0.3) is 5.91 Å². The third-order valence-electron chi connectivity index (χ3n) is 2.81. The third kappa shape index (κ3) is 5.17. The number of methoxy groups -OCH3 is 1. The molecule has 1 heterocycles. The van der Waals surface area contributed by atoms with Crippen LogP contribution in [0.1, 0.15) is 15.9 Å². The Kier molecular flexibility index (Phi) is 5.05. The lowest BCUT2D eigenvalue weighted by Crippen LogP contribution is -2.23. The zero-order valence-corrected chi connectivity index (χ0v) is 12.1. The van der Waals surface area contributed by atoms with Crippen LogP contribution in [0.15, 0.2) is 42.6 Å². The molecule has 0 unspecified atom stereocenters. The van der Waals surface area contributed by atoms with Gasteiger partial charge in [-0.05, 0) is 29.8 Å². The summed E-state index contributed by atoms with van der Waals surface area (Å²) < 4.78 is 44.8. The largest absolute Gasteiger partial charge is 0.573 e. The number of rotatable bonds is 5. The number of halogens is 3. The molecule has 0 saturated heterocycles. The third-order valence-corrected chi connectivity index (χ3v) is 2.81. The fraction of sp³-hybridized carbons (Fsp3) is 0.200. The minimum absolute atomic E-state index is 0.223. The Balaban J connectivity index is 1.92. The second-order valence-electron chi connectivity index (χ2n) is 4.46. The smallest absolute Gasteiger partial charge is 0.481 e. The lowest BCUT2D eigenvalue weighted by molar-refractivity contribution is -0.274. The molecule has 0 atom stereocenters. The van der Waals surface area contributed by atoms with Crippen LogP contribution in [-0.4, -0.2) is 24.4 Å². The Labute approximate surface area is 130 Å². The highest BCUT2D eigenvalue weighted by molar-refractivity contribution is 5.94. The molecule has 0 spiro atoms. The topological polar surface area (TPSA) is 60.5 Å². The number of hydrogen-bond acceptors (Lipinski definition) is 4. The molecule has 8 heteroatoms. The molecule has 0 aliphatic heterocycles. The van der Waals surface area contributed by atoms with Gasteiger partial charge in [-0.2, -0.15) is 0 Å². The number of alkyl halides is 3. The predicted octanol–water partition coefficient (Wildman–Crippen LogP) is 2.92. The molecule has 1 aromatic carbocycles. The van der Waals surface area contributed by atoms with Gasteiger partial charge in [0, 0.05) is 24.4 Å². The van der Waals surface area contributed by atoms with E-state index in [0.29, 0.717) is 5.88 Å². The van der Waals surface area contributed by atoms with E-state index in [0.717, 1.165) is 17.7 Å². The van der Waals surface area contributed by atoms with E-state index in [1.165, 1.54) is 19.2 Å². The molecule has 5 nitrogen and oxygen atoms in total. The van der Waals surface area contributed by atoms with E-state index in [2.05, 4.69) is 15.0 Å². The average molecular weight is 326 g/mol. The van der Waals surface area contributed by atoms with Gasteiger partial charge in [0.2, 0.25) is 5.88 Å². The lowest BCUT2D eigenvalue weighted by Gasteiger charge is -2.09. The van der Waals surface area contributed by atoms with E-state index in [4.69, 9.17) is 4.74 Å². The lowest BCUT2D eigenvalue weighted by atomic mass is 10.2. The van der Waals surface area contributed by atoms with Gasteiger partial charge < -0.3 is 14.8 Å². The number of nitrogens with zero attached hydrogens (tertiary/aromatic N) is 1. The molecule has 2 aromatic rings. The first-order valence-electron chi connectivity index (χ1n) is 6.50. The molecule has 1 N–H and O–H groups in total. The summed E-state index contributed by atoms with van der Waals surface area (Å²) in [4.78, 5) is 15.9. The van der Waals surface area contributed by atoms with Crippen LogP contribution in [0.25, 0.3) is 0 Å². The van der Waals surface area contributed by atoms with Gasteiger partial charge in [0.1, 0.15) is 5.75 Å². The van der Waals surface area contributed by atoms with Crippen molar-refractivity contribution in [3.05, 3.63) is 53.7 Å². The average Bonchev–Trinajstić information content (AvgIpc) is 2.52. The minimum Gasteiger partial charge on any atom is -0.481 e. The first-order chi connectivity index (χ1) is 10.9. The van der Waals surface area contributed by atoms with E-state index in [1.807, 2.05) is 0 Å². The summed E-state index contributed by atoms with van der Waals surface area (Å²) in [6.45, 7) is 0.233. The summed E-state index contributed by atoms with van der Waals surface area (Å²) in [5.74, 6) is -0.340. The summed E-state index contributed by atoms with van der Waals surface area (Å²) in [5, 5.41) is 2.64. The summed E-state index contributed by atoms with van der Waals surface area (Å²) in [7, 11) is 1.50. The van der Waals surface area contributed by atoms with Crippen LogP contribution in [0, 0.1) is 0 Å². The van der Waals surface area contributed by atoms with E-state index < -0.39 is 12.3 Å². The van der Waals surface area contributed by atoms with Crippen molar-refractivity contribution >= 4 is 5.91 Å². The maximum atomic E-state index is 12.0. The van der Waals surface area contributed by atoms with E-state index in [1.54, 1.807) is 18.3 Å². The number of carbonyl (C=O) groups excluding carboxylic acids is 1. The first-order valence-corrected chi connectivity index (χ1v) is 6.50. The molecule has 1 amide bonds. The van der Waals surface area contributed by atoms with Gasteiger partial charge in [-0.3, -0.25) is 4.79 Å². The molecule has 0 bridgehead atoms. The molecule has 122 valence electrons. The molecular weight excluding hydrogens is 313 g/mol. The highest BCUT2D eigenvalue weighted by Crippen LogP contribution is 2.22. The van der Waals surface area contributed by atoms with Gasteiger partial charge in [-0.25, -0.2) is 4.98 Å². The van der Waals surface area contributed by atoms with Crippen LogP contribution in [0.5, 0.6) is 11.6 Å². The van der Waals surface area contributed by atoms with Gasteiger partial charge in [0.05, 0.1) is 7.11 Å². The van der Waals surface area contributed by atoms with Crippen molar-refractivity contribution in [2.75, 3.05) is 7.11 Å². The van der Waals surface area contributed by atoms with Gasteiger partial charge in [-0.15, -0.1) is 13.2 Å². The molecule has 0 fully saturated rings. The summed E-state index contributed by atoms with van der Waals surface area (Å²) in [6, 6.07) is 8.07. The standard InChI is InChI=1S/C15H13F3N2O3/c1-22-13-7-2-10(8-19-13)9-20-14(21)11-3-5-12(6-4-11)23-15(16,17)18/h2-8H,9H2,1H3,(H,20,21). The van der Waals surface area contributed by atoms with Crippen molar-refractivity contribution in [2.24, 2.45) is 0 Å². The number of hydrogen-bond donors (Lipinski definition) is 1. The number of pyridine rings is 1. The number of aromatic nitrogens is 1. The van der Waals surface area contributed by atoms with Crippen LogP contribution in [-0.2, 0) is 6.54 Å². The highest BCUT2D eigenvalue weighted by Gasteiger charge is 2.31. The van der Waals surface area contributed by atoms with E-state index >= 15 is 0 Å². The van der Waals surface area contributed by atoms with Crippen LogP contribution < -0.4 is 14.8 Å². The number of amides is 1. The van der Waals surface area contributed by atoms with Crippen molar-refractivity contribution in [1.29, 1.82) is 0 Å². The molecule has 2 rings (SSSR count). The molecule has 1 aromatic heterocycles. The van der Waals surface area contributed by atoms with Gasteiger partial charge in [0.15, 0.2) is 0 Å². The van der Waals surface area contributed by atoms with Crippen LogP contribution in [0.4, 0.5) is 13.2 Å². The Bertz CT molecular complexity index is 655. The summed E-state index contributed by atoms with van der Waals surface area (Å²) >= 11 is 0. The summed E-state index contributed by atoms with van der Waals surface area (Å²) in [5.41, 5.74) is 0.983. The first kappa shape index (κ1) is 16.6. The van der Waals surface area contributed by atoms with Gasteiger partial charge in [-0.1, -0.05) is 6.07 Å². The summed E-state index contributed by atoms with van der Waals surface area (Å²) in [6.07, 6.45) is -3.20. The van der Waals surface area contributed by atoms with Crippen molar-refractivity contribution < 1.29 is 27.4 Å². The number of ether oxygens (including phenoxy) is 2. The maximum Gasteiger partial charge on any atom is 0.573 e. The van der Waals surface area contributed by atoms with Crippen LogP contribution >= 0.6 is 0 Å². The molecule has 0 aliphatic carbocycles. The second-order valence-corrected chi connectivity index (χ2v) is 4.46. The van der Waals surface area contributed by atoms with Crippen molar-refractivity contribution in [2.45, 2.75) is 12.9 Å². The monoisotopic (exact) mass is 326 g/mol. The Morgan fingerprint density at radius 3 is 2.39 bits per heavy atom. The zero-order valence-electron chi connectivity index (χ0n) is 12.1. The molecule has 23 heavy (non-hydrogen) atoms. The quantitative estimate of drug-likeness (QED) is 0.918. The number of carbonyl (C=O) groups is 1. The predicted molar refractivity (Wildman–Crippen MR) is 75.1 cm³/mol. The maximum absolute atomic E-state index is 12.0. The normalized spacial score (nSPS) is 11.0. The van der Waals surface area contributed by atoms with E-state index in [9.17, 15) is 18.0 Å². The molecular formula is C15H13F3N2O3. The van der Waals surface area contributed by atoms with Crippen LogP contribution in [0.2, 0.25) is 0 Å². The second kappa shape index (κ2) is 6.99. The Morgan fingerprint density at radius 1 is 1.17 bits per heavy atom. The van der Waals surface area contributed by atoms with Gasteiger partial charge >= 0.3 is 6.36 Å². The molecule has 0 radical (unpaired) electrons. The van der Waals surface area contributed by atoms with Crippen molar-refractivity contribution in [3.8, 4) is 11.6 Å². The zero-order chi connectivity index (χ0) is 16.9. The van der Waals surface area contributed by atoms with E-state index in [-0.39, 0.29) is 17.9 Å². The van der Waals surface area contributed by atoms with Crippen LogP contribution in [0.3, 0.4) is 0 Å². The van der Waals surface area contributed by atoms with Crippen molar-refractivity contribution in [1.82, 2.24) is 10.3 Å². The SMILES string of the molecule is COc1ccc(CNC(=O)c2ccc(OC(F)(F)F)cc2)cn1. The molecule has 0 aliphatic rings. The highest BCUT2D eigenvalue weighted by atomic mass is 19.4.